The van der Waals surface area contributed by atoms with Crippen molar-refractivity contribution in [2.75, 3.05) is 0 Å². The maximum absolute atomic E-state index is 13.3. The third-order valence-corrected chi connectivity index (χ3v) is 7.96. The molecule has 0 saturated heterocycles. The Bertz CT molecular complexity index is 1820. The van der Waals surface area contributed by atoms with Crippen molar-refractivity contribution in [2.45, 2.75) is 71.1 Å². The number of fused-ring (bicyclic) bond motifs is 2. The van der Waals surface area contributed by atoms with E-state index in [1.807, 2.05) is 53.7 Å². The fraction of sp³-hybridized carbons (Fsp3) is 0.306. The Labute approximate surface area is 255 Å². The molecule has 8 nitrogen and oxygen atoms in total. The Morgan fingerprint density at radius 1 is 0.864 bits per heavy atom. The number of carbonyl (C=O) groups excluding carboxylic acids is 3. The van der Waals surface area contributed by atoms with Crippen LogP contribution in [0.2, 0.25) is 0 Å². The van der Waals surface area contributed by atoms with Crippen LogP contribution in [0.15, 0.2) is 60.7 Å². The van der Waals surface area contributed by atoms with Crippen molar-refractivity contribution < 1.29 is 34.1 Å². The van der Waals surface area contributed by atoms with Crippen molar-refractivity contribution in [1.29, 1.82) is 0 Å². The first-order chi connectivity index (χ1) is 20.6. The van der Waals surface area contributed by atoms with Crippen LogP contribution in [0.1, 0.15) is 107 Å². The lowest BCUT2D eigenvalue weighted by Crippen LogP contribution is -2.18. The van der Waals surface area contributed by atoms with Gasteiger partial charge in [0.25, 0.3) is 0 Å². The fourth-order valence-electron chi connectivity index (χ4n) is 5.67. The number of benzene rings is 3. The number of nitrogens with zero attached hydrogens (tertiary/aromatic N) is 1. The van der Waals surface area contributed by atoms with E-state index in [1.165, 1.54) is 18.2 Å². The number of pyridine rings is 1. The largest absolute Gasteiger partial charge is 0.507 e. The molecule has 1 aromatic heterocycles. The smallest absolute Gasteiger partial charge is 0.336 e. The van der Waals surface area contributed by atoms with Crippen molar-refractivity contribution >= 4 is 34.4 Å². The van der Waals surface area contributed by atoms with E-state index in [0.717, 1.165) is 16.7 Å². The van der Waals surface area contributed by atoms with Gasteiger partial charge in [-0.15, -0.1) is 0 Å². The summed E-state index contributed by atoms with van der Waals surface area (Å²) in [6.45, 7) is 12.2. The number of carboxylic acids is 1. The van der Waals surface area contributed by atoms with Crippen LogP contribution < -0.4 is 4.74 Å². The molecule has 4 aromatic rings. The summed E-state index contributed by atoms with van der Waals surface area (Å²) in [5.41, 5.74) is 2.11. The first-order valence-electron chi connectivity index (χ1n) is 14.5. The highest BCUT2D eigenvalue weighted by Gasteiger charge is 2.43. The first-order valence-corrected chi connectivity index (χ1v) is 14.5. The number of aromatic carboxylic acids is 1. The van der Waals surface area contributed by atoms with E-state index in [4.69, 9.17) is 4.74 Å². The van der Waals surface area contributed by atoms with E-state index in [0.29, 0.717) is 17.3 Å². The minimum absolute atomic E-state index is 0.0555. The van der Waals surface area contributed by atoms with Crippen molar-refractivity contribution in [3.05, 3.63) is 99.7 Å². The third kappa shape index (κ3) is 5.60. The predicted molar refractivity (Wildman–Crippen MR) is 166 cm³/mol. The molecule has 0 amide bonds. The molecule has 2 N–H and O–H groups in total. The van der Waals surface area contributed by atoms with Gasteiger partial charge in [0.15, 0.2) is 17.3 Å². The van der Waals surface area contributed by atoms with Gasteiger partial charge < -0.3 is 14.9 Å². The zero-order valence-electron chi connectivity index (χ0n) is 25.6. The van der Waals surface area contributed by atoms with Crippen LogP contribution in [0.5, 0.6) is 11.5 Å². The molecule has 3 aromatic carbocycles. The SMILES string of the molecule is CC(C)(C)c1cc(CCC(=O)Oc2cccc3ccc([C@@H]4C(=O)c5cccc(C(=O)O)c5C4=O)nc23)cc(C(C)(C)C)c1O. The Morgan fingerprint density at radius 2 is 1.50 bits per heavy atom. The van der Waals surface area contributed by atoms with Gasteiger partial charge in [-0.2, -0.15) is 0 Å². The van der Waals surface area contributed by atoms with Gasteiger partial charge in [0.05, 0.1) is 11.3 Å². The van der Waals surface area contributed by atoms with E-state index in [-0.39, 0.29) is 51.1 Å². The molecular formula is C36H35NO7. The van der Waals surface area contributed by atoms with Crippen molar-refractivity contribution in [2.24, 2.45) is 0 Å². The number of carbonyl (C=O) groups is 4. The summed E-state index contributed by atoms with van der Waals surface area (Å²) in [6, 6.07) is 16.4. The van der Waals surface area contributed by atoms with E-state index >= 15 is 0 Å². The normalized spacial score (nSPS) is 15.0. The summed E-state index contributed by atoms with van der Waals surface area (Å²) in [5.74, 6) is -3.75. The number of hydrogen-bond donors (Lipinski definition) is 2. The van der Waals surface area contributed by atoms with Crippen LogP contribution in [0.25, 0.3) is 10.9 Å². The topological polar surface area (TPSA) is 131 Å². The molecule has 226 valence electrons. The average Bonchev–Trinajstić information content (AvgIpc) is 3.20. The maximum atomic E-state index is 13.3. The lowest BCUT2D eigenvalue weighted by Gasteiger charge is -2.28. The Balaban J connectivity index is 1.41. The van der Waals surface area contributed by atoms with Crippen LogP contribution in [0.3, 0.4) is 0 Å². The van der Waals surface area contributed by atoms with E-state index in [9.17, 15) is 29.4 Å². The number of para-hydroxylation sites is 1. The molecule has 1 aliphatic rings. The van der Waals surface area contributed by atoms with Crippen molar-refractivity contribution in [1.82, 2.24) is 4.98 Å². The van der Waals surface area contributed by atoms with E-state index < -0.39 is 29.4 Å². The number of carboxylic acid groups (broad SMARTS) is 1. The van der Waals surface area contributed by atoms with Crippen LogP contribution in [-0.2, 0) is 22.0 Å². The number of rotatable bonds is 6. The molecule has 44 heavy (non-hydrogen) atoms. The second-order valence-electron chi connectivity index (χ2n) is 13.3. The van der Waals surface area contributed by atoms with Gasteiger partial charge in [-0.25, -0.2) is 9.78 Å². The number of aromatic hydroxyl groups is 1. The highest BCUT2D eigenvalue weighted by Crippen LogP contribution is 2.40. The van der Waals surface area contributed by atoms with Gasteiger partial charge in [0, 0.05) is 22.9 Å². The molecule has 1 heterocycles. The summed E-state index contributed by atoms with van der Waals surface area (Å²) >= 11 is 0. The molecule has 0 radical (unpaired) electrons. The summed E-state index contributed by atoms with van der Waals surface area (Å²) in [6.07, 6.45) is 0.463. The number of ether oxygens (including phenoxy) is 1. The average molecular weight is 594 g/mol. The molecule has 1 aliphatic carbocycles. The summed E-state index contributed by atoms with van der Waals surface area (Å²) in [5, 5.41) is 21.2. The van der Waals surface area contributed by atoms with Crippen LogP contribution in [0.4, 0.5) is 0 Å². The molecule has 0 aliphatic heterocycles. The van der Waals surface area contributed by atoms with E-state index in [2.05, 4.69) is 4.98 Å². The van der Waals surface area contributed by atoms with Gasteiger partial charge in [0.1, 0.15) is 17.2 Å². The number of hydrogen-bond acceptors (Lipinski definition) is 7. The quantitative estimate of drug-likeness (QED) is 0.140. The predicted octanol–water partition coefficient (Wildman–Crippen LogP) is 6.93. The molecular weight excluding hydrogens is 558 g/mol. The number of Topliss-reactive ketones (excluding diaryl/α,β-unsaturated/α-hetero) is 2. The Kier molecular flexibility index (Phi) is 7.66. The molecule has 0 unspecified atom stereocenters. The third-order valence-electron chi connectivity index (χ3n) is 7.96. The molecule has 0 fully saturated rings. The molecule has 0 bridgehead atoms. The van der Waals surface area contributed by atoms with Crippen LogP contribution in [-0.4, -0.2) is 38.7 Å². The number of esters is 1. The second kappa shape index (κ2) is 11.0. The number of aryl methyl sites for hydroxylation is 1. The summed E-state index contributed by atoms with van der Waals surface area (Å²) in [7, 11) is 0. The second-order valence-corrected chi connectivity index (χ2v) is 13.3. The zero-order chi connectivity index (χ0) is 32.1. The molecule has 0 saturated carbocycles. The highest BCUT2D eigenvalue weighted by atomic mass is 16.5. The van der Waals surface area contributed by atoms with E-state index in [1.54, 1.807) is 30.3 Å². The van der Waals surface area contributed by atoms with Crippen LogP contribution in [0, 0.1) is 0 Å². The minimum Gasteiger partial charge on any atom is -0.507 e. The number of aromatic nitrogens is 1. The lowest BCUT2D eigenvalue weighted by molar-refractivity contribution is -0.134. The molecule has 1 atom stereocenters. The fourth-order valence-corrected chi connectivity index (χ4v) is 5.67. The minimum atomic E-state index is -1.29. The monoisotopic (exact) mass is 593 g/mol. The van der Waals surface area contributed by atoms with Gasteiger partial charge in [0.2, 0.25) is 0 Å². The number of phenolic OH excluding ortho intramolecular Hbond substituents is 1. The molecule has 8 heteroatoms. The first kappa shape index (κ1) is 30.6. The van der Waals surface area contributed by atoms with Gasteiger partial charge in [-0.3, -0.25) is 14.4 Å². The van der Waals surface area contributed by atoms with Crippen molar-refractivity contribution in [3.63, 3.8) is 0 Å². The summed E-state index contributed by atoms with van der Waals surface area (Å²) in [4.78, 5) is 55.9. The lowest BCUT2D eigenvalue weighted by atomic mass is 9.78. The van der Waals surface area contributed by atoms with Gasteiger partial charge in [-0.1, -0.05) is 84.0 Å². The Hall–Kier alpha value is -4.85. The summed E-state index contributed by atoms with van der Waals surface area (Å²) < 4.78 is 5.75. The van der Waals surface area contributed by atoms with Crippen molar-refractivity contribution in [3.8, 4) is 11.5 Å². The standard InChI is InChI=1S/C36H35NO7/c1-35(2,3)23-17-19(18-24(32(23)40)36(4,5)6)13-16-27(38)44-26-12-7-9-20-14-15-25(37-30(20)26)29-31(39)21-10-8-11-22(34(42)43)28(21)33(29)41/h7-12,14-15,17-18,29,40H,13,16H2,1-6H3,(H,42,43)/t29-/m1/s1. The van der Waals surface area contributed by atoms with Gasteiger partial charge in [-0.05, 0) is 52.1 Å². The zero-order valence-corrected chi connectivity index (χ0v) is 25.6. The molecule has 5 rings (SSSR count). The van der Waals surface area contributed by atoms with Crippen LogP contribution >= 0.6 is 0 Å². The Morgan fingerprint density at radius 3 is 2.11 bits per heavy atom. The van der Waals surface area contributed by atoms with Gasteiger partial charge >= 0.3 is 11.9 Å². The highest BCUT2D eigenvalue weighted by molar-refractivity contribution is 6.31. The molecule has 0 spiro atoms. The number of phenols is 1. The maximum Gasteiger partial charge on any atom is 0.336 e. The number of ketones is 2.